The summed E-state index contributed by atoms with van der Waals surface area (Å²) in [5.74, 6) is 0.754. The molecule has 1 spiro atoms. The molecule has 4 rings (SSSR count). The number of carbonyl (C=O) groups excluding carboxylic acids is 2. The molecule has 0 radical (unpaired) electrons. The van der Waals surface area contributed by atoms with Gasteiger partial charge in [-0.25, -0.2) is 4.79 Å². The van der Waals surface area contributed by atoms with Crippen molar-refractivity contribution in [2.75, 3.05) is 20.1 Å². The van der Waals surface area contributed by atoms with Crippen LogP contribution in [0.2, 0.25) is 0 Å². The number of hydrogen-bond acceptors (Lipinski definition) is 4. The third-order valence-electron chi connectivity index (χ3n) is 5.65. The molecule has 0 bridgehead atoms. The Kier molecular flexibility index (Phi) is 5.05. The van der Waals surface area contributed by atoms with Gasteiger partial charge in [0.15, 0.2) is 0 Å². The van der Waals surface area contributed by atoms with Crippen LogP contribution < -0.4 is 10.1 Å². The number of nitrogens with zero attached hydrogens (tertiary/aromatic N) is 2. The van der Waals surface area contributed by atoms with Crippen molar-refractivity contribution in [2.24, 2.45) is 0 Å². The summed E-state index contributed by atoms with van der Waals surface area (Å²) < 4.78 is 5.84. The molecule has 146 valence electrons. The van der Waals surface area contributed by atoms with Gasteiger partial charge in [-0.05, 0) is 36.1 Å². The number of amides is 3. The Morgan fingerprint density at radius 3 is 2.25 bits per heavy atom. The van der Waals surface area contributed by atoms with Crippen LogP contribution in [0, 0.1) is 0 Å². The second-order valence-corrected chi connectivity index (χ2v) is 7.57. The summed E-state index contributed by atoms with van der Waals surface area (Å²) >= 11 is 0. The molecule has 1 N–H and O–H groups in total. The number of piperidine rings is 1. The first-order chi connectivity index (χ1) is 13.6. The van der Waals surface area contributed by atoms with Crippen molar-refractivity contribution < 1.29 is 14.3 Å². The molecule has 2 saturated heterocycles. The lowest BCUT2D eigenvalue weighted by atomic mass is 9.87. The number of hydrogen-bond donors (Lipinski definition) is 1. The van der Waals surface area contributed by atoms with E-state index >= 15 is 0 Å². The van der Waals surface area contributed by atoms with E-state index in [0.29, 0.717) is 19.4 Å². The average molecular weight is 379 g/mol. The molecule has 0 unspecified atom stereocenters. The highest BCUT2D eigenvalue weighted by atomic mass is 16.5. The third-order valence-corrected chi connectivity index (χ3v) is 5.65. The molecule has 2 aromatic carbocycles. The lowest BCUT2D eigenvalue weighted by molar-refractivity contribution is -0.132. The first-order valence-corrected chi connectivity index (χ1v) is 9.64. The van der Waals surface area contributed by atoms with E-state index in [-0.39, 0.29) is 11.9 Å². The van der Waals surface area contributed by atoms with Crippen molar-refractivity contribution in [3.05, 3.63) is 65.7 Å². The van der Waals surface area contributed by atoms with Gasteiger partial charge in [-0.15, -0.1) is 0 Å². The van der Waals surface area contributed by atoms with Crippen molar-refractivity contribution in [3.63, 3.8) is 0 Å². The standard InChI is InChI=1S/C22H25N3O3/c1-24-20(26)22(23-21(24)27)11-13-25(14-12-22)15-17-7-9-19(10-8-17)28-16-18-5-3-2-4-6-18/h2-10H,11-16H2,1H3,(H,23,27). The maximum absolute atomic E-state index is 12.4. The highest BCUT2D eigenvalue weighted by Crippen LogP contribution is 2.29. The van der Waals surface area contributed by atoms with Crippen LogP contribution >= 0.6 is 0 Å². The smallest absolute Gasteiger partial charge is 0.324 e. The van der Waals surface area contributed by atoms with Crippen LogP contribution in [0.3, 0.4) is 0 Å². The van der Waals surface area contributed by atoms with Crippen molar-refractivity contribution in [3.8, 4) is 5.75 Å². The first-order valence-electron chi connectivity index (χ1n) is 9.64. The summed E-state index contributed by atoms with van der Waals surface area (Å²) in [6, 6.07) is 18.0. The second kappa shape index (κ2) is 7.64. The molecule has 0 atom stereocenters. The number of nitrogens with one attached hydrogen (secondary N) is 1. The SMILES string of the molecule is CN1C(=O)NC2(CCN(Cc3ccc(OCc4ccccc4)cc3)CC2)C1=O. The summed E-state index contributed by atoms with van der Waals surface area (Å²) in [6.07, 6.45) is 1.31. The summed E-state index contributed by atoms with van der Waals surface area (Å²) in [6.45, 7) is 2.95. The van der Waals surface area contributed by atoms with Gasteiger partial charge in [-0.1, -0.05) is 42.5 Å². The van der Waals surface area contributed by atoms with E-state index < -0.39 is 5.54 Å². The van der Waals surface area contributed by atoms with Gasteiger partial charge in [0.25, 0.3) is 5.91 Å². The molecule has 2 heterocycles. The molecule has 2 aliphatic rings. The van der Waals surface area contributed by atoms with Crippen LogP contribution in [0.1, 0.15) is 24.0 Å². The molecule has 0 saturated carbocycles. The van der Waals surface area contributed by atoms with Crippen LogP contribution in [0.15, 0.2) is 54.6 Å². The Hall–Kier alpha value is -2.86. The first kappa shape index (κ1) is 18.5. The fraction of sp³-hybridized carbons (Fsp3) is 0.364. The summed E-state index contributed by atoms with van der Waals surface area (Å²) in [4.78, 5) is 27.7. The van der Waals surface area contributed by atoms with E-state index in [1.165, 1.54) is 10.5 Å². The number of benzene rings is 2. The van der Waals surface area contributed by atoms with E-state index in [1.54, 1.807) is 7.05 Å². The predicted molar refractivity (Wildman–Crippen MR) is 106 cm³/mol. The van der Waals surface area contributed by atoms with Crippen LogP contribution in [0.5, 0.6) is 5.75 Å². The van der Waals surface area contributed by atoms with E-state index in [1.807, 2.05) is 42.5 Å². The average Bonchev–Trinajstić information content (AvgIpc) is 2.94. The summed E-state index contributed by atoms with van der Waals surface area (Å²) in [5, 5.41) is 2.88. The fourth-order valence-electron chi connectivity index (χ4n) is 3.88. The zero-order chi connectivity index (χ0) is 19.6. The van der Waals surface area contributed by atoms with E-state index in [0.717, 1.165) is 30.9 Å². The van der Waals surface area contributed by atoms with Gasteiger partial charge >= 0.3 is 6.03 Å². The molecule has 2 fully saturated rings. The molecule has 0 aliphatic carbocycles. The minimum absolute atomic E-state index is 0.0999. The monoisotopic (exact) mass is 379 g/mol. The van der Waals surface area contributed by atoms with Crippen molar-refractivity contribution in [1.82, 2.24) is 15.1 Å². The minimum Gasteiger partial charge on any atom is -0.489 e. The van der Waals surface area contributed by atoms with Gasteiger partial charge in [-0.3, -0.25) is 14.6 Å². The summed E-state index contributed by atoms with van der Waals surface area (Å²) in [5.41, 5.74) is 1.66. The quantitative estimate of drug-likeness (QED) is 0.812. The number of ether oxygens (including phenoxy) is 1. The van der Waals surface area contributed by atoms with Gasteiger partial charge < -0.3 is 10.1 Å². The molecular formula is C22H25N3O3. The molecule has 2 aromatic rings. The second-order valence-electron chi connectivity index (χ2n) is 7.57. The van der Waals surface area contributed by atoms with Gasteiger partial charge in [0, 0.05) is 26.7 Å². The van der Waals surface area contributed by atoms with Crippen LogP contribution in [0.4, 0.5) is 4.79 Å². The largest absolute Gasteiger partial charge is 0.489 e. The number of likely N-dealkylation sites (N-methyl/N-ethyl adjacent to an activating group) is 1. The lowest BCUT2D eigenvalue weighted by Crippen LogP contribution is -2.54. The summed E-state index contributed by atoms with van der Waals surface area (Å²) in [7, 11) is 1.54. The van der Waals surface area contributed by atoms with E-state index in [9.17, 15) is 9.59 Å². The predicted octanol–water partition coefficient (Wildman–Crippen LogP) is 2.78. The molecular weight excluding hydrogens is 354 g/mol. The maximum Gasteiger partial charge on any atom is 0.324 e. The molecule has 0 aromatic heterocycles. The zero-order valence-corrected chi connectivity index (χ0v) is 16.1. The van der Waals surface area contributed by atoms with E-state index in [2.05, 4.69) is 22.3 Å². The Morgan fingerprint density at radius 1 is 0.964 bits per heavy atom. The van der Waals surface area contributed by atoms with Crippen molar-refractivity contribution >= 4 is 11.9 Å². The molecule has 6 heteroatoms. The highest BCUT2D eigenvalue weighted by Gasteiger charge is 2.50. The van der Waals surface area contributed by atoms with E-state index in [4.69, 9.17) is 4.74 Å². The number of imide groups is 1. The van der Waals surface area contributed by atoms with Crippen LogP contribution in [-0.4, -0.2) is 47.4 Å². The Labute approximate surface area is 165 Å². The fourth-order valence-corrected chi connectivity index (χ4v) is 3.88. The van der Waals surface area contributed by atoms with Crippen molar-refractivity contribution in [1.29, 1.82) is 0 Å². The molecule has 6 nitrogen and oxygen atoms in total. The zero-order valence-electron chi connectivity index (χ0n) is 16.1. The Balaban J connectivity index is 1.29. The minimum atomic E-state index is -0.697. The van der Waals surface area contributed by atoms with Crippen LogP contribution in [-0.2, 0) is 17.9 Å². The van der Waals surface area contributed by atoms with Gasteiger partial charge in [-0.2, -0.15) is 0 Å². The third kappa shape index (κ3) is 3.73. The number of rotatable bonds is 5. The van der Waals surface area contributed by atoms with Crippen LogP contribution in [0.25, 0.3) is 0 Å². The number of likely N-dealkylation sites (tertiary alicyclic amines) is 1. The lowest BCUT2D eigenvalue weighted by Gasteiger charge is -2.37. The Bertz CT molecular complexity index is 843. The maximum atomic E-state index is 12.4. The number of urea groups is 1. The molecule has 28 heavy (non-hydrogen) atoms. The Morgan fingerprint density at radius 2 is 1.64 bits per heavy atom. The number of carbonyl (C=O) groups is 2. The van der Waals surface area contributed by atoms with Crippen molar-refractivity contribution in [2.45, 2.75) is 31.5 Å². The topological polar surface area (TPSA) is 61.9 Å². The normalized spacial score (nSPS) is 19.1. The highest BCUT2D eigenvalue weighted by molar-refractivity contribution is 6.06. The van der Waals surface area contributed by atoms with Gasteiger partial charge in [0.1, 0.15) is 17.9 Å². The van der Waals surface area contributed by atoms with Gasteiger partial charge in [0.05, 0.1) is 0 Å². The molecule has 3 amide bonds. The van der Waals surface area contributed by atoms with Gasteiger partial charge in [0.2, 0.25) is 0 Å². The molecule has 2 aliphatic heterocycles.